The quantitative estimate of drug-likeness (QED) is 0.788. The van der Waals surface area contributed by atoms with E-state index in [0.717, 1.165) is 13.0 Å². The van der Waals surface area contributed by atoms with Gasteiger partial charge in [0, 0.05) is 44.1 Å². The van der Waals surface area contributed by atoms with Crippen LogP contribution in [0.1, 0.15) is 18.0 Å². The molecule has 1 aromatic rings. The number of nitrogens with zero attached hydrogens (tertiary/aromatic N) is 3. The fourth-order valence-corrected chi connectivity index (χ4v) is 2.95. The zero-order chi connectivity index (χ0) is 13.8. The fourth-order valence-electron chi connectivity index (χ4n) is 2.95. The molecule has 3 N–H and O–H groups in total. The Morgan fingerprint density at radius 3 is 2.74 bits per heavy atom. The van der Waals surface area contributed by atoms with Gasteiger partial charge in [0.2, 0.25) is 0 Å². The number of rotatable bonds is 5. The molecule has 0 bridgehead atoms. The van der Waals surface area contributed by atoms with Crippen LogP contribution < -0.4 is 5.73 Å². The first-order chi connectivity index (χ1) is 9.11. The molecule has 2 rings (SSSR count). The van der Waals surface area contributed by atoms with Crippen molar-refractivity contribution in [3.63, 3.8) is 0 Å². The summed E-state index contributed by atoms with van der Waals surface area (Å²) in [5, 5.41) is 9.96. The molecule has 0 aromatic carbocycles. The zero-order valence-corrected chi connectivity index (χ0v) is 11.7. The van der Waals surface area contributed by atoms with Crippen LogP contribution in [-0.2, 0) is 0 Å². The van der Waals surface area contributed by atoms with Crippen molar-refractivity contribution in [1.82, 2.24) is 14.8 Å². The van der Waals surface area contributed by atoms with Crippen LogP contribution in [0.5, 0.6) is 0 Å². The first-order valence-electron chi connectivity index (χ1n) is 6.80. The van der Waals surface area contributed by atoms with Crippen LogP contribution >= 0.6 is 0 Å². The highest BCUT2D eigenvalue weighted by Gasteiger charge is 2.35. The van der Waals surface area contributed by atoms with E-state index < -0.39 is 0 Å². The Balaban J connectivity index is 2.16. The van der Waals surface area contributed by atoms with Gasteiger partial charge < -0.3 is 15.7 Å². The van der Waals surface area contributed by atoms with Crippen molar-refractivity contribution in [3.05, 3.63) is 30.1 Å². The maximum atomic E-state index is 9.96. The molecule has 2 heterocycles. The van der Waals surface area contributed by atoms with Gasteiger partial charge in [-0.1, -0.05) is 0 Å². The lowest BCUT2D eigenvalue weighted by Crippen LogP contribution is -2.42. The number of aromatic nitrogens is 1. The highest BCUT2D eigenvalue weighted by Crippen LogP contribution is 2.29. The molecule has 0 radical (unpaired) electrons. The number of likely N-dealkylation sites (tertiary alicyclic amines) is 1. The van der Waals surface area contributed by atoms with Gasteiger partial charge in [-0.15, -0.1) is 0 Å². The van der Waals surface area contributed by atoms with Gasteiger partial charge in [-0.05, 0) is 38.2 Å². The van der Waals surface area contributed by atoms with Gasteiger partial charge in [-0.3, -0.25) is 9.88 Å². The predicted octanol–water partition coefficient (Wildman–Crippen LogP) is 0.0782. The Hall–Kier alpha value is -1.01. The van der Waals surface area contributed by atoms with Gasteiger partial charge in [0.15, 0.2) is 0 Å². The number of likely N-dealkylation sites (N-methyl/N-ethyl adjacent to an activating group) is 1. The third-order valence-electron chi connectivity index (χ3n) is 3.73. The summed E-state index contributed by atoms with van der Waals surface area (Å²) in [6.07, 6.45) is 4.16. The molecule has 1 aliphatic heterocycles. The van der Waals surface area contributed by atoms with Crippen molar-refractivity contribution in [3.8, 4) is 0 Å². The zero-order valence-electron chi connectivity index (χ0n) is 11.7. The van der Waals surface area contributed by atoms with Gasteiger partial charge in [-0.2, -0.15) is 0 Å². The Morgan fingerprint density at radius 1 is 1.47 bits per heavy atom. The molecule has 1 fully saturated rings. The molecule has 106 valence electrons. The predicted molar refractivity (Wildman–Crippen MR) is 75.7 cm³/mol. The molecule has 5 heteroatoms. The molecule has 0 saturated carbocycles. The summed E-state index contributed by atoms with van der Waals surface area (Å²) in [6.45, 7) is 2.20. The van der Waals surface area contributed by atoms with Gasteiger partial charge in [0.25, 0.3) is 0 Å². The van der Waals surface area contributed by atoms with Crippen molar-refractivity contribution in [1.29, 1.82) is 0 Å². The largest absolute Gasteiger partial charge is 0.392 e. The highest BCUT2D eigenvalue weighted by atomic mass is 16.3. The smallest absolute Gasteiger partial charge is 0.0682 e. The first kappa shape index (κ1) is 14.4. The van der Waals surface area contributed by atoms with Crippen LogP contribution in [0.4, 0.5) is 0 Å². The minimum absolute atomic E-state index is 0.157. The number of β-amino-alcohol motifs (C(OH)–C–C–N with tert-alkyl or cyclic N) is 1. The molecule has 0 aliphatic carbocycles. The Labute approximate surface area is 115 Å². The third kappa shape index (κ3) is 3.51. The topological polar surface area (TPSA) is 65.6 Å². The fraction of sp³-hybridized carbons (Fsp3) is 0.643. The van der Waals surface area contributed by atoms with Crippen molar-refractivity contribution in [2.45, 2.75) is 24.6 Å². The summed E-state index contributed by atoms with van der Waals surface area (Å²) in [6, 6.07) is 4.53. The number of aliphatic hydroxyl groups is 1. The normalized spacial score (nSPS) is 25.9. The second-order valence-electron chi connectivity index (χ2n) is 5.53. The Bertz CT molecular complexity index is 384. The van der Waals surface area contributed by atoms with Crippen LogP contribution in [0.2, 0.25) is 0 Å². The Morgan fingerprint density at radius 2 is 2.16 bits per heavy atom. The highest BCUT2D eigenvalue weighted by molar-refractivity contribution is 5.17. The van der Waals surface area contributed by atoms with E-state index in [1.54, 1.807) is 12.4 Å². The van der Waals surface area contributed by atoms with Crippen LogP contribution in [0.25, 0.3) is 0 Å². The van der Waals surface area contributed by atoms with Crippen molar-refractivity contribution in [2.24, 2.45) is 5.73 Å². The van der Waals surface area contributed by atoms with E-state index in [2.05, 4.69) is 28.9 Å². The molecular weight excluding hydrogens is 240 g/mol. The van der Waals surface area contributed by atoms with E-state index >= 15 is 0 Å². The summed E-state index contributed by atoms with van der Waals surface area (Å²) in [7, 11) is 4.12. The SMILES string of the molecule is CN(C)CC1CC(O)CN1C(CN)c1ccncc1. The molecule has 1 saturated heterocycles. The van der Waals surface area contributed by atoms with E-state index in [1.165, 1.54) is 5.56 Å². The monoisotopic (exact) mass is 264 g/mol. The maximum Gasteiger partial charge on any atom is 0.0682 e. The molecule has 1 aliphatic rings. The first-order valence-corrected chi connectivity index (χ1v) is 6.80. The van der Waals surface area contributed by atoms with Gasteiger partial charge in [-0.25, -0.2) is 0 Å². The Kier molecular flexibility index (Phi) is 4.87. The lowest BCUT2D eigenvalue weighted by molar-refractivity contribution is 0.139. The van der Waals surface area contributed by atoms with Gasteiger partial charge in [0.1, 0.15) is 0 Å². The molecule has 3 unspecified atom stereocenters. The van der Waals surface area contributed by atoms with Crippen LogP contribution in [0.3, 0.4) is 0 Å². The number of nitrogens with two attached hydrogens (primary N) is 1. The van der Waals surface area contributed by atoms with Crippen LogP contribution in [0, 0.1) is 0 Å². The maximum absolute atomic E-state index is 9.96. The van der Waals surface area contributed by atoms with E-state index in [-0.39, 0.29) is 12.1 Å². The number of hydrogen-bond acceptors (Lipinski definition) is 5. The molecule has 0 spiro atoms. The number of aliphatic hydroxyl groups excluding tert-OH is 1. The second-order valence-corrected chi connectivity index (χ2v) is 5.53. The van der Waals surface area contributed by atoms with Crippen LogP contribution in [-0.4, -0.2) is 65.8 Å². The lowest BCUT2D eigenvalue weighted by Gasteiger charge is -2.33. The minimum Gasteiger partial charge on any atom is -0.392 e. The van der Waals surface area contributed by atoms with E-state index in [1.807, 2.05) is 12.1 Å². The summed E-state index contributed by atoms with van der Waals surface area (Å²) in [5.41, 5.74) is 7.14. The van der Waals surface area contributed by atoms with E-state index in [9.17, 15) is 5.11 Å². The molecule has 0 amide bonds. The second kappa shape index (κ2) is 6.43. The van der Waals surface area contributed by atoms with Crippen LogP contribution in [0.15, 0.2) is 24.5 Å². The molecule has 19 heavy (non-hydrogen) atoms. The average molecular weight is 264 g/mol. The van der Waals surface area contributed by atoms with E-state index in [4.69, 9.17) is 5.73 Å². The van der Waals surface area contributed by atoms with Crippen molar-refractivity contribution in [2.75, 3.05) is 33.7 Å². The van der Waals surface area contributed by atoms with Gasteiger partial charge in [0.05, 0.1) is 6.10 Å². The van der Waals surface area contributed by atoms with Crippen molar-refractivity contribution >= 4 is 0 Å². The number of hydrogen-bond donors (Lipinski definition) is 2. The third-order valence-corrected chi connectivity index (χ3v) is 3.73. The molecule has 5 nitrogen and oxygen atoms in total. The van der Waals surface area contributed by atoms with Crippen molar-refractivity contribution < 1.29 is 5.11 Å². The lowest BCUT2D eigenvalue weighted by atomic mass is 10.1. The molecular formula is C14H24N4O. The number of pyridine rings is 1. The summed E-state index contributed by atoms with van der Waals surface area (Å²) >= 11 is 0. The standard InChI is InChI=1S/C14H24N4O/c1-17(2)9-12-7-13(19)10-18(12)14(8-15)11-3-5-16-6-4-11/h3-6,12-14,19H,7-10,15H2,1-2H3. The summed E-state index contributed by atoms with van der Waals surface area (Å²) in [5.74, 6) is 0. The minimum atomic E-state index is -0.249. The van der Waals surface area contributed by atoms with E-state index in [0.29, 0.717) is 19.1 Å². The molecule has 1 aromatic heterocycles. The summed E-state index contributed by atoms with van der Waals surface area (Å²) < 4.78 is 0. The molecule has 3 atom stereocenters. The van der Waals surface area contributed by atoms with Gasteiger partial charge >= 0.3 is 0 Å². The summed E-state index contributed by atoms with van der Waals surface area (Å²) in [4.78, 5) is 8.55. The average Bonchev–Trinajstić information content (AvgIpc) is 2.72.